The topological polar surface area (TPSA) is 27.1 Å². The van der Waals surface area contributed by atoms with Gasteiger partial charge in [0, 0.05) is 11.3 Å². The Bertz CT molecular complexity index is 805. The van der Waals surface area contributed by atoms with E-state index in [4.69, 9.17) is 9.84 Å². The van der Waals surface area contributed by atoms with Gasteiger partial charge in [-0.15, -0.1) is 0 Å². The molecule has 0 N–H and O–H groups in total. The fourth-order valence-electron chi connectivity index (χ4n) is 3.03. The zero-order valence-electron chi connectivity index (χ0n) is 14.2. The smallest absolute Gasteiger partial charge is 0.124 e. The molecule has 0 aliphatic carbocycles. The van der Waals surface area contributed by atoms with Gasteiger partial charge < -0.3 is 4.74 Å². The van der Waals surface area contributed by atoms with E-state index in [1.54, 1.807) is 0 Å². The molecule has 0 aliphatic heterocycles. The minimum absolute atomic E-state index is 0.672. The Morgan fingerprint density at radius 3 is 2.57 bits per heavy atom. The third-order valence-electron chi connectivity index (χ3n) is 4.24. The molecule has 0 atom stereocenters. The molecule has 0 spiro atoms. The Balaban J connectivity index is 2.10. The molecule has 3 nitrogen and oxygen atoms in total. The zero-order valence-corrected chi connectivity index (χ0v) is 14.2. The van der Waals surface area contributed by atoms with Crippen molar-refractivity contribution < 1.29 is 4.74 Å². The van der Waals surface area contributed by atoms with Crippen molar-refractivity contribution in [2.45, 2.75) is 40.2 Å². The van der Waals surface area contributed by atoms with E-state index >= 15 is 0 Å². The lowest BCUT2D eigenvalue weighted by atomic mass is 10.0. The Morgan fingerprint density at radius 1 is 1.00 bits per heavy atom. The van der Waals surface area contributed by atoms with E-state index in [1.807, 2.05) is 6.92 Å². The highest BCUT2D eigenvalue weighted by molar-refractivity contribution is 5.87. The first-order valence-electron chi connectivity index (χ1n) is 8.45. The molecule has 2 aromatic carbocycles. The Hall–Kier alpha value is -2.29. The first-order chi connectivity index (χ1) is 11.3. The quantitative estimate of drug-likeness (QED) is 0.665. The van der Waals surface area contributed by atoms with Crippen LogP contribution in [0.25, 0.3) is 10.8 Å². The number of hydrogen-bond acceptors (Lipinski definition) is 2. The molecule has 0 unspecified atom stereocenters. The van der Waals surface area contributed by atoms with Crippen LogP contribution in [-0.4, -0.2) is 16.4 Å². The third kappa shape index (κ3) is 3.09. The second-order valence-corrected chi connectivity index (χ2v) is 5.69. The Labute approximate surface area is 137 Å². The number of ether oxygens (including phenoxy) is 1. The first-order valence-corrected chi connectivity index (χ1v) is 8.45. The van der Waals surface area contributed by atoms with Crippen molar-refractivity contribution in [2.75, 3.05) is 6.61 Å². The summed E-state index contributed by atoms with van der Waals surface area (Å²) < 4.78 is 8.01. The van der Waals surface area contributed by atoms with Crippen LogP contribution in [0.15, 0.2) is 42.5 Å². The minimum atomic E-state index is 0.672. The Morgan fingerprint density at radius 2 is 1.83 bits per heavy atom. The van der Waals surface area contributed by atoms with Crippen LogP contribution >= 0.6 is 0 Å². The van der Waals surface area contributed by atoms with E-state index in [-0.39, 0.29) is 0 Å². The maximum absolute atomic E-state index is 5.88. The molecular weight excluding hydrogens is 284 g/mol. The summed E-state index contributed by atoms with van der Waals surface area (Å²) in [5.74, 6) is 0.960. The lowest BCUT2D eigenvalue weighted by Crippen LogP contribution is -2.08. The van der Waals surface area contributed by atoms with Crippen LogP contribution in [0.2, 0.25) is 0 Å². The average Bonchev–Trinajstić information content (AvgIpc) is 2.99. The van der Waals surface area contributed by atoms with E-state index in [9.17, 15) is 0 Å². The summed E-state index contributed by atoms with van der Waals surface area (Å²) in [5.41, 5.74) is 3.64. The summed E-state index contributed by atoms with van der Waals surface area (Å²) in [4.78, 5) is 0. The summed E-state index contributed by atoms with van der Waals surface area (Å²) in [7, 11) is 0. The van der Waals surface area contributed by atoms with Crippen molar-refractivity contribution in [3.05, 3.63) is 59.4 Å². The van der Waals surface area contributed by atoms with Crippen LogP contribution in [0.5, 0.6) is 5.75 Å². The molecule has 3 aromatic rings. The van der Waals surface area contributed by atoms with Crippen LogP contribution in [0.4, 0.5) is 0 Å². The second-order valence-electron chi connectivity index (χ2n) is 5.69. The molecule has 0 bridgehead atoms. The van der Waals surface area contributed by atoms with Crippen molar-refractivity contribution in [3.63, 3.8) is 0 Å². The molecule has 0 saturated carbocycles. The number of aryl methyl sites for hydroxylation is 2. The monoisotopic (exact) mass is 308 g/mol. The second kappa shape index (κ2) is 6.86. The number of aromatic nitrogens is 2. The predicted octanol–water partition coefficient (Wildman–Crippen LogP) is 4.61. The molecule has 1 aromatic heterocycles. The van der Waals surface area contributed by atoms with Gasteiger partial charge in [0.1, 0.15) is 5.75 Å². The molecule has 0 aliphatic rings. The van der Waals surface area contributed by atoms with E-state index in [0.29, 0.717) is 6.61 Å². The van der Waals surface area contributed by atoms with Crippen LogP contribution in [-0.2, 0) is 19.4 Å². The molecule has 3 rings (SSSR count). The molecule has 0 fully saturated rings. The summed E-state index contributed by atoms with van der Waals surface area (Å²) in [6.45, 7) is 7.78. The molecule has 0 amide bonds. The number of rotatable bonds is 6. The highest BCUT2D eigenvalue weighted by Gasteiger charge is 2.12. The predicted molar refractivity (Wildman–Crippen MR) is 95.2 cm³/mol. The number of hydrogen-bond donors (Lipinski definition) is 0. The van der Waals surface area contributed by atoms with E-state index < -0.39 is 0 Å². The van der Waals surface area contributed by atoms with Gasteiger partial charge in [0.25, 0.3) is 0 Å². The van der Waals surface area contributed by atoms with E-state index in [2.05, 4.69) is 61.0 Å². The molecular formula is C20H24N2O. The van der Waals surface area contributed by atoms with Gasteiger partial charge >= 0.3 is 0 Å². The summed E-state index contributed by atoms with van der Waals surface area (Å²) in [6.07, 6.45) is 1.95. The molecule has 1 heterocycles. The van der Waals surface area contributed by atoms with Crippen molar-refractivity contribution in [2.24, 2.45) is 0 Å². The minimum Gasteiger partial charge on any atom is -0.494 e. The van der Waals surface area contributed by atoms with Crippen molar-refractivity contribution >= 4 is 10.8 Å². The van der Waals surface area contributed by atoms with Crippen molar-refractivity contribution in [3.8, 4) is 5.75 Å². The highest BCUT2D eigenvalue weighted by Crippen LogP contribution is 2.29. The van der Waals surface area contributed by atoms with Crippen molar-refractivity contribution in [1.82, 2.24) is 9.78 Å². The largest absolute Gasteiger partial charge is 0.494 e. The lowest BCUT2D eigenvalue weighted by Gasteiger charge is -2.15. The van der Waals surface area contributed by atoms with Crippen LogP contribution < -0.4 is 4.74 Å². The van der Waals surface area contributed by atoms with Gasteiger partial charge in [-0.1, -0.05) is 44.2 Å². The van der Waals surface area contributed by atoms with Gasteiger partial charge in [-0.3, -0.25) is 4.68 Å². The number of benzene rings is 2. The summed E-state index contributed by atoms with van der Waals surface area (Å²) in [5, 5.41) is 7.25. The normalized spacial score (nSPS) is 11.1. The Kier molecular flexibility index (Phi) is 4.65. The third-order valence-corrected chi connectivity index (χ3v) is 4.24. The lowest BCUT2D eigenvalue weighted by molar-refractivity contribution is 0.336. The van der Waals surface area contributed by atoms with Crippen LogP contribution in [0.3, 0.4) is 0 Å². The summed E-state index contributed by atoms with van der Waals surface area (Å²) in [6, 6.07) is 14.9. The summed E-state index contributed by atoms with van der Waals surface area (Å²) >= 11 is 0. The van der Waals surface area contributed by atoms with Gasteiger partial charge in [0.15, 0.2) is 0 Å². The molecule has 23 heavy (non-hydrogen) atoms. The maximum atomic E-state index is 5.88. The van der Waals surface area contributed by atoms with Crippen molar-refractivity contribution in [1.29, 1.82) is 0 Å². The zero-order chi connectivity index (χ0) is 16.2. The van der Waals surface area contributed by atoms with Gasteiger partial charge in [-0.25, -0.2) is 0 Å². The number of fused-ring (bicyclic) bond motifs is 1. The first kappa shape index (κ1) is 15.6. The molecule has 0 saturated heterocycles. The van der Waals surface area contributed by atoms with Gasteiger partial charge in [-0.05, 0) is 42.7 Å². The van der Waals surface area contributed by atoms with E-state index in [0.717, 1.165) is 30.8 Å². The van der Waals surface area contributed by atoms with Gasteiger partial charge in [0.2, 0.25) is 0 Å². The van der Waals surface area contributed by atoms with Crippen LogP contribution in [0, 0.1) is 0 Å². The molecule has 3 heteroatoms. The SMILES string of the molecule is CCOc1ccc2ccccc2c1Cn1nc(CC)cc1CC. The maximum Gasteiger partial charge on any atom is 0.124 e. The molecule has 0 radical (unpaired) electrons. The average molecular weight is 308 g/mol. The van der Waals surface area contributed by atoms with Gasteiger partial charge in [0.05, 0.1) is 18.8 Å². The van der Waals surface area contributed by atoms with E-state index in [1.165, 1.54) is 22.0 Å². The fraction of sp³-hybridized carbons (Fsp3) is 0.350. The van der Waals surface area contributed by atoms with Crippen LogP contribution in [0.1, 0.15) is 37.7 Å². The highest BCUT2D eigenvalue weighted by atomic mass is 16.5. The standard InChI is InChI=1S/C20H24N2O/c1-4-16-13-17(5-2)22(21-16)14-19-18-10-8-7-9-15(18)11-12-20(19)23-6-3/h7-13H,4-6,14H2,1-3H3. The van der Waals surface area contributed by atoms with Gasteiger partial charge in [-0.2, -0.15) is 5.10 Å². The fourth-order valence-corrected chi connectivity index (χ4v) is 3.03. The molecule has 120 valence electrons. The number of nitrogens with zero attached hydrogens (tertiary/aromatic N) is 2.